The Morgan fingerprint density at radius 1 is 1.33 bits per heavy atom. The molecule has 0 heterocycles. The molecule has 4 nitrogen and oxygen atoms in total. The van der Waals surface area contributed by atoms with Gasteiger partial charge in [0.25, 0.3) is 0 Å². The molecule has 1 fully saturated rings. The summed E-state index contributed by atoms with van der Waals surface area (Å²) in [7, 11) is -3.22. The highest BCUT2D eigenvalue weighted by Crippen LogP contribution is 2.59. The average Bonchev–Trinajstić information content (AvgIpc) is 2.54. The molecular weight excluding hydrogens is 321 g/mol. The molecule has 3 aliphatic carbocycles. The van der Waals surface area contributed by atoms with E-state index in [9.17, 15) is 4.57 Å². The van der Waals surface area contributed by atoms with Crippen LogP contribution in [0.5, 0.6) is 0 Å². The van der Waals surface area contributed by atoms with Crippen molar-refractivity contribution in [2.45, 2.75) is 47.5 Å². The number of rotatable bonds is 10. The lowest BCUT2D eigenvalue weighted by molar-refractivity contribution is -0.0102. The van der Waals surface area contributed by atoms with E-state index in [0.29, 0.717) is 36.4 Å². The van der Waals surface area contributed by atoms with E-state index in [4.69, 9.17) is 9.05 Å². The summed E-state index contributed by atoms with van der Waals surface area (Å²) in [6.07, 6.45) is 4.96. The van der Waals surface area contributed by atoms with Crippen LogP contribution in [0.25, 0.3) is 0 Å². The van der Waals surface area contributed by atoms with Crippen molar-refractivity contribution in [3.63, 3.8) is 0 Å². The SMILES string of the molecule is C=C(CN(CC)CC1=CCC2CC1C2(C)C)P(=O)(OCC)OCC. The third-order valence-electron chi connectivity index (χ3n) is 5.83. The third kappa shape index (κ3) is 3.88. The zero-order chi connectivity index (χ0) is 18.0. The standard InChI is InChI=1S/C19H34NO3P/c1-7-20(13-15(4)24(21,22-8-2)23-9-3)14-16-10-11-17-12-18(16)19(17,5)6/h10,17-18H,4,7-9,11-14H2,1-3,5-6H3. The Kier molecular flexibility index (Phi) is 6.52. The maximum Gasteiger partial charge on any atom is 0.358 e. The fourth-order valence-corrected chi connectivity index (χ4v) is 5.59. The molecule has 0 amide bonds. The van der Waals surface area contributed by atoms with E-state index in [-0.39, 0.29) is 0 Å². The zero-order valence-electron chi connectivity index (χ0n) is 16.0. The molecule has 0 N–H and O–H groups in total. The van der Waals surface area contributed by atoms with E-state index in [1.54, 1.807) is 5.57 Å². The van der Waals surface area contributed by atoms with Gasteiger partial charge in [-0.05, 0) is 50.5 Å². The second-order valence-corrected chi connectivity index (χ2v) is 9.67. The van der Waals surface area contributed by atoms with Crippen LogP contribution < -0.4 is 0 Å². The molecule has 2 unspecified atom stereocenters. The molecule has 24 heavy (non-hydrogen) atoms. The van der Waals surface area contributed by atoms with Gasteiger partial charge in [-0.1, -0.05) is 39.0 Å². The van der Waals surface area contributed by atoms with Gasteiger partial charge in [0, 0.05) is 18.4 Å². The first-order valence-electron chi connectivity index (χ1n) is 9.27. The zero-order valence-corrected chi connectivity index (χ0v) is 16.9. The van der Waals surface area contributed by atoms with E-state index >= 15 is 0 Å². The van der Waals surface area contributed by atoms with Crippen molar-refractivity contribution in [3.05, 3.63) is 23.5 Å². The van der Waals surface area contributed by atoms with Crippen LogP contribution in [0.2, 0.25) is 0 Å². The summed E-state index contributed by atoms with van der Waals surface area (Å²) < 4.78 is 23.7. The first-order chi connectivity index (χ1) is 11.3. The Morgan fingerprint density at radius 3 is 2.42 bits per heavy atom. The summed E-state index contributed by atoms with van der Waals surface area (Å²) >= 11 is 0. The normalized spacial score (nSPS) is 25.3. The Labute approximate surface area is 147 Å². The van der Waals surface area contributed by atoms with E-state index in [1.807, 2.05) is 13.8 Å². The van der Waals surface area contributed by atoms with Crippen LogP contribution in [0.3, 0.4) is 0 Å². The largest absolute Gasteiger partial charge is 0.358 e. The molecule has 0 aromatic rings. The predicted molar refractivity (Wildman–Crippen MR) is 100 cm³/mol. The van der Waals surface area contributed by atoms with Crippen LogP contribution in [-0.4, -0.2) is 37.7 Å². The number of fused-ring (bicyclic) bond motifs is 1. The fraction of sp³-hybridized carbons (Fsp3) is 0.789. The van der Waals surface area contributed by atoms with Gasteiger partial charge < -0.3 is 9.05 Å². The Hall–Kier alpha value is -0.410. The Bertz CT molecular complexity index is 531. The Morgan fingerprint density at radius 2 is 1.96 bits per heavy atom. The average molecular weight is 355 g/mol. The van der Waals surface area contributed by atoms with Crippen molar-refractivity contribution in [2.24, 2.45) is 17.3 Å². The molecule has 0 aromatic carbocycles. The van der Waals surface area contributed by atoms with Gasteiger partial charge in [-0.25, -0.2) is 0 Å². The molecule has 5 heteroatoms. The number of hydrogen-bond acceptors (Lipinski definition) is 4. The highest BCUT2D eigenvalue weighted by atomic mass is 31.2. The highest BCUT2D eigenvalue weighted by molar-refractivity contribution is 7.58. The van der Waals surface area contributed by atoms with Gasteiger partial charge in [-0.2, -0.15) is 0 Å². The summed E-state index contributed by atoms with van der Waals surface area (Å²) in [5.41, 5.74) is 1.98. The van der Waals surface area contributed by atoms with Gasteiger partial charge in [-0.3, -0.25) is 9.46 Å². The monoisotopic (exact) mass is 355 g/mol. The fourth-order valence-electron chi connectivity index (χ4n) is 4.10. The van der Waals surface area contributed by atoms with Gasteiger partial charge in [0.05, 0.1) is 13.2 Å². The lowest BCUT2D eigenvalue weighted by Gasteiger charge is -2.57. The van der Waals surface area contributed by atoms with Crippen LogP contribution >= 0.6 is 7.60 Å². The summed E-state index contributed by atoms with van der Waals surface area (Å²) in [6.45, 7) is 17.7. The minimum atomic E-state index is -3.22. The van der Waals surface area contributed by atoms with Crippen molar-refractivity contribution in [1.29, 1.82) is 0 Å². The predicted octanol–water partition coefficient (Wildman–Crippen LogP) is 5.08. The Balaban J connectivity index is 2.00. The van der Waals surface area contributed by atoms with Crippen molar-refractivity contribution in [2.75, 3.05) is 32.8 Å². The molecule has 2 atom stereocenters. The van der Waals surface area contributed by atoms with Crippen LogP contribution in [0.15, 0.2) is 23.5 Å². The maximum atomic E-state index is 12.8. The first-order valence-corrected chi connectivity index (χ1v) is 10.8. The minimum Gasteiger partial charge on any atom is -0.306 e. The smallest absolute Gasteiger partial charge is 0.306 e. The van der Waals surface area contributed by atoms with Crippen LogP contribution in [0.4, 0.5) is 0 Å². The lowest BCUT2D eigenvalue weighted by atomic mass is 9.49. The molecule has 2 bridgehead atoms. The van der Waals surface area contributed by atoms with E-state index in [0.717, 1.165) is 19.0 Å². The number of hydrogen-bond donors (Lipinski definition) is 0. The van der Waals surface area contributed by atoms with Crippen LogP contribution in [0, 0.1) is 17.3 Å². The summed E-state index contributed by atoms with van der Waals surface area (Å²) in [6, 6.07) is 0. The third-order valence-corrected chi connectivity index (χ3v) is 7.94. The van der Waals surface area contributed by atoms with Crippen molar-refractivity contribution in [3.8, 4) is 0 Å². The summed E-state index contributed by atoms with van der Waals surface area (Å²) in [4.78, 5) is 2.30. The van der Waals surface area contributed by atoms with Gasteiger partial charge in [0.2, 0.25) is 0 Å². The maximum absolute atomic E-state index is 12.8. The van der Waals surface area contributed by atoms with Gasteiger partial charge in [0.15, 0.2) is 0 Å². The van der Waals surface area contributed by atoms with Crippen LogP contribution in [0.1, 0.15) is 47.5 Å². The molecule has 0 spiro atoms. The molecule has 138 valence electrons. The number of nitrogens with zero attached hydrogens (tertiary/aromatic N) is 1. The van der Waals surface area contributed by atoms with E-state index in [2.05, 4.69) is 38.3 Å². The quantitative estimate of drug-likeness (QED) is 0.405. The molecule has 0 aliphatic heterocycles. The van der Waals surface area contributed by atoms with Crippen LogP contribution in [-0.2, 0) is 13.6 Å². The van der Waals surface area contributed by atoms with Gasteiger partial charge in [-0.15, -0.1) is 0 Å². The summed E-state index contributed by atoms with van der Waals surface area (Å²) in [5.74, 6) is 1.55. The number of allylic oxidation sites excluding steroid dienone is 1. The highest BCUT2D eigenvalue weighted by Gasteiger charge is 2.51. The second kappa shape index (κ2) is 7.86. The molecule has 0 aromatic heterocycles. The molecule has 3 rings (SSSR count). The lowest BCUT2D eigenvalue weighted by Crippen LogP contribution is -2.49. The first kappa shape index (κ1) is 19.9. The van der Waals surface area contributed by atoms with Crippen molar-refractivity contribution in [1.82, 2.24) is 4.90 Å². The van der Waals surface area contributed by atoms with E-state index in [1.165, 1.54) is 12.8 Å². The number of likely N-dealkylation sites (N-methyl/N-ethyl adjacent to an activating group) is 1. The molecule has 1 saturated carbocycles. The summed E-state index contributed by atoms with van der Waals surface area (Å²) in [5, 5.41) is 0.565. The molecule has 0 radical (unpaired) electrons. The minimum absolute atomic E-state index is 0.366. The van der Waals surface area contributed by atoms with Gasteiger partial charge in [0.1, 0.15) is 0 Å². The molecule has 3 aliphatic rings. The van der Waals surface area contributed by atoms with Crippen molar-refractivity contribution >= 4 is 7.60 Å². The van der Waals surface area contributed by atoms with Crippen molar-refractivity contribution < 1.29 is 13.6 Å². The molecular formula is C19H34NO3P. The van der Waals surface area contributed by atoms with Gasteiger partial charge >= 0.3 is 7.60 Å². The topological polar surface area (TPSA) is 38.8 Å². The van der Waals surface area contributed by atoms with E-state index < -0.39 is 7.60 Å². The second-order valence-electron chi connectivity index (χ2n) is 7.52. The molecule has 0 saturated heterocycles.